The summed E-state index contributed by atoms with van der Waals surface area (Å²) in [7, 11) is 2.19. The Kier molecular flexibility index (Phi) is 11.7. The van der Waals surface area contributed by atoms with Gasteiger partial charge in [-0.25, -0.2) is 0 Å². The third kappa shape index (κ3) is 9.45. The van der Waals surface area contributed by atoms with Crippen molar-refractivity contribution in [2.24, 2.45) is 10.7 Å². The average Bonchev–Trinajstić information content (AvgIpc) is 2.38. The van der Waals surface area contributed by atoms with Crippen LogP contribution in [0.2, 0.25) is 0 Å². The molecule has 5 nitrogen and oxygen atoms in total. The number of hydrogen-bond acceptors (Lipinski definition) is 3. The lowest BCUT2D eigenvalue weighted by Gasteiger charge is -2.32. The van der Waals surface area contributed by atoms with Crippen molar-refractivity contribution in [1.29, 1.82) is 0 Å². The predicted molar refractivity (Wildman–Crippen MR) is 93.4 cm³/mol. The molecule has 19 heavy (non-hydrogen) atoms. The number of halogens is 1. The average molecular weight is 383 g/mol. The van der Waals surface area contributed by atoms with E-state index in [1.807, 2.05) is 0 Å². The molecular formula is C13H30IN5. The van der Waals surface area contributed by atoms with Gasteiger partial charge in [0.25, 0.3) is 0 Å². The summed E-state index contributed by atoms with van der Waals surface area (Å²) in [6.45, 7) is 9.90. The summed E-state index contributed by atoms with van der Waals surface area (Å²) < 4.78 is 0. The smallest absolute Gasteiger partial charge is 0.188 e. The van der Waals surface area contributed by atoms with E-state index in [1.165, 1.54) is 39.1 Å². The number of nitrogens with zero attached hydrogens (tertiary/aromatic N) is 3. The second-order valence-corrected chi connectivity index (χ2v) is 5.05. The largest absolute Gasteiger partial charge is 0.370 e. The van der Waals surface area contributed by atoms with Crippen LogP contribution in [0, 0.1) is 0 Å². The summed E-state index contributed by atoms with van der Waals surface area (Å²) in [5.41, 5.74) is 5.72. The van der Waals surface area contributed by atoms with Crippen LogP contribution in [-0.2, 0) is 0 Å². The number of aliphatic imine (C=N–C) groups is 1. The Bertz CT molecular complexity index is 239. The minimum atomic E-state index is 0. The van der Waals surface area contributed by atoms with E-state index in [9.17, 15) is 0 Å². The van der Waals surface area contributed by atoms with Crippen molar-refractivity contribution >= 4 is 29.9 Å². The maximum absolute atomic E-state index is 5.72. The Hall–Kier alpha value is -0.0800. The normalized spacial score (nSPS) is 18.1. The molecule has 0 aromatic carbocycles. The van der Waals surface area contributed by atoms with Crippen LogP contribution in [0.25, 0.3) is 0 Å². The molecule has 1 rings (SSSR count). The van der Waals surface area contributed by atoms with Crippen molar-refractivity contribution in [3.8, 4) is 0 Å². The molecule has 0 atom stereocenters. The minimum Gasteiger partial charge on any atom is -0.370 e. The van der Waals surface area contributed by atoms with Crippen LogP contribution >= 0.6 is 24.0 Å². The quantitative estimate of drug-likeness (QED) is 0.298. The number of nitrogens with one attached hydrogen (secondary N) is 1. The Labute approximate surface area is 135 Å². The number of guanidine groups is 1. The number of likely N-dealkylation sites (N-methyl/N-ethyl adjacent to an activating group) is 1. The summed E-state index contributed by atoms with van der Waals surface area (Å²) in [6, 6.07) is 0. The standard InChI is InChI=1S/C13H29N5.HI/c1-3-6-15-13(14)16-7-4-5-8-18-11-9-17(2)10-12-18;/h3-12H2,1-2H3,(H3,14,15,16);1H. The molecule has 0 saturated carbocycles. The zero-order chi connectivity index (χ0) is 13.2. The summed E-state index contributed by atoms with van der Waals surface area (Å²) in [5, 5.41) is 3.16. The lowest BCUT2D eigenvalue weighted by Crippen LogP contribution is -2.44. The van der Waals surface area contributed by atoms with Crippen LogP contribution in [-0.4, -0.2) is 68.6 Å². The highest BCUT2D eigenvalue weighted by molar-refractivity contribution is 14.0. The van der Waals surface area contributed by atoms with E-state index in [0.717, 1.165) is 25.9 Å². The van der Waals surface area contributed by atoms with Crippen LogP contribution in [0.3, 0.4) is 0 Å². The van der Waals surface area contributed by atoms with Crippen molar-refractivity contribution in [3.63, 3.8) is 0 Å². The Morgan fingerprint density at radius 1 is 1.21 bits per heavy atom. The van der Waals surface area contributed by atoms with Gasteiger partial charge < -0.3 is 20.9 Å². The minimum absolute atomic E-state index is 0. The number of hydrogen-bond donors (Lipinski definition) is 2. The highest BCUT2D eigenvalue weighted by Gasteiger charge is 2.12. The van der Waals surface area contributed by atoms with E-state index in [0.29, 0.717) is 5.96 Å². The maximum Gasteiger partial charge on any atom is 0.188 e. The van der Waals surface area contributed by atoms with Gasteiger partial charge in [-0.15, -0.1) is 24.0 Å². The highest BCUT2D eigenvalue weighted by atomic mass is 127. The van der Waals surface area contributed by atoms with Crippen LogP contribution in [0.4, 0.5) is 0 Å². The van der Waals surface area contributed by atoms with Gasteiger partial charge in [0.05, 0.1) is 0 Å². The first-order chi connectivity index (χ1) is 8.72. The van der Waals surface area contributed by atoms with E-state index in [2.05, 4.69) is 34.1 Å². The van der Waals surface area contributed by atoms with E-state index >= 15 is 0 Å². The van der Waals surface area contributed by atoms with Crippen molar-refractivity contribution in [1.82, 2.24) is 15.1 Å². The Morgan fingerprint density at radius 2 is 1.89 bits per heavy atom. The summed E-state index contributed by atoms with van der Waals surface area (Å²) >= 11 is 0. The highest BCUT2D eigenvalue weighted by Crippen LogP contribution is 2.01. The van der Waals surface area contributed by atoms with Gasteiger partial charge in [-0.05, 0) is 32.9 Å². The van der Waals surface area contributed by atoms with Crippen LogP contribution in [0.5, 0.6) is 0 Å². The molecule has 0 radical (unpaired) electrons. The third-order valence-electron chi connectivity index (χ3n) is 3.31. The summed E-state index contributed by atoms with van der Waals surface area (Å²) in [6.07, 6.45) is 3.44. The first-order valence-corrected chi connectivity index (χ1v) is 7.17. The SMILES string of the molecule is CCCN=C(N)NCCCCN1CCN(C)CC1.I. The van der Waals surface area contributed by atoms with E-state index in [-0.39, 0.29) is 24.0 Å². The van der Waals surface area contributed by atoms with Gasteiger partial charge in [0.15, 0.2) is 5.96 Å². The lowest BCUT2D eigenvalue weighted by atomic mass is 10.2. The Balaban J connectivity index is 0.00000324. The van der Waals surface area contributed by atoms with Gasteiger partial charge in [-0.3, -0.25) is 4.99 Å². The fourth-order valence-corrected chi connectivity index (χ4v) is 2.04. The molecule has 114 valence electrons. The van der Waals surface area contributed by atoms with Crippen LogP contribution in [0.1, 0.15) is 26.2 Å². The molecule has 0 aromatic heterocycles. The molecule has 3 N–H and O–H groups in total. The first-order valence-electron chi connectivity index (χ1n) is 7.17. The van der Waals surface area contributed by atoms with Crippen molar-refractivity contribution in [2.45, 2.75) is 26.2 Å². The molecule has 0 spiro atoms. The van der Waals surface area contributed by atoms with Gasteiger partial charge >= 0.3 is 0 Å². The topological polar surface area (TPSA) is 56.9 Å². The number of rotatable bonds is 7. The van der Waals surface area contributed by atoms with E-state index < -0.39 is 0 Å². The molecule has 1 aliphatic heterocycles. The maximum atomic E-state index is 5.72. The summed E-state index contributed by atoms with van der Waals surface area (Å²) in [5.74, 6) is 0.594. The lowest BCUT2D eigenvalue weighted by molar-refractivity contribution is 0.152. The van der Waals surface area contributed by atoms with Crippen molar-refractivity contribution in [3.05, 3.63) is 0 Å². The van der Waals surface area contributed by atoms with E-state index in [1.54, 1.807) is 0 Å². The van der Waals surface area contributed by atoms with E-state index in [4.69, 9.17) is 5.73 Å². The predicted octanol–water partition coefficient (Wildman–Crippen LogP) is 0.946. The second-order valence-electron chi connectivity index (χ2n) is 5.05. The van der Waals surface area contributed by atoms with Gasteiger partial charge in [-0.2, -0.15) is 0 Å². The van der Waals surface area contributed by atoms with Crippen molar-refractivity contribution in [2.75, 3.05) is 52.9 Å². The third-order valence-corrected chi connectivity index (χ3v) is 3.31. The van der Waals surface area contributed by atoms with Gasteiger partial charge in [0.2, 0.25) is 0 Å². The molecular weight excluding hydrogens is 353 g/mol. The molecule has 0 bridgehead atoms. The molecule has 0 amide bonds. The fourth-order valence-electron chi connectivity index (χ4n) is 2.04. The summed E-state index contributed by atoms with van der Waals surface area (Å²) in [4.78, 5) is 9.15. The first kappa shape index (κ1) is 18.9. The van der Waals surface area contributed by atoms with Crippen molar-refractivity contribution < 1.29 is 0 Å². The zero-order valence-corrected chi connectivity index (χ0v) is 14.7. The number of nitrogens with two attached hydrogens (primary N) is 1. The second kappa shape index (κ2) is 11.7. The molecule has 6 heteroatoms. The molecule has 0 aliphatic carbocycles. The molecule has 1 saturated heterocycles. The Morgan fingerprint density at radius 3 is 2.53 bits per heavy atom. The number of unbranched alkanes of at least 4 members (excludes halogenated alkanes) is 1. The number of piperazine rings is 1. The van der Waals surface area contributed by atoms with Crippen LogP contribution < -0.4 is 11.1 Å². The molecule has 0 aromatic rings. The molecule has 0 unspecified atom stereocenters. The molecule has 1 aliphatic rings. The molecule has 1 heterocycles. The van der Waals surface area contributed by atoms with Gasteiger partial charge in [0, 0.05) is 39.3 Å². The van der Waals surface area contributed by atoms with Crippen LogP contribution in [0.15, 0.2) is 4.99 Å². The fraction of sp³-hybridized carbons (Fsp3) is 0.923. The van der Waals surface area contributed by atoms with Gasteiger partial charge in [0.1, 0.15) is 0 Å². The molecule has 1 fully saturated rings. The van der Waals surface area contributed by atoms with Gasteiger partial charge in [-0.1, -0.05) is 6.92 Å². The monoisotopic (exact) mass is 383 g/mol. The zero-order valence-electron chi connectivity index (χ0n) is 12.4.